The third kappa shape index (κ3) is 1.53. The third-order valence-corrected chi connectivity index (χ3v) is 1.99. The fourth-order valence-corrected chi connectivity index (χ4v) is 1.32. The van der Waals surface area contributed by atoms with E-state index in [-0.39, 0.29) is 12.6 Å². The lowest BCUT2D eigenvalue weighted by atomic mass is 10.1. The number of rotatable bonds is 1. The average Bonchev–Trinajstić information content (AvgIpc) is 2.51. The lowest BCUT2D eigenvalue weighted by Crippen LogP contribution is -2.10. The van der Waals surface area contributed by atoms with Crippen molar-refractivity contribution < 1.29 is 13.5 Å². The Kier molecular flexibility index (Phi) is 2.07. The summed E-state index contributed by atoms with van der Waals surface area (Å²) >= 11 is 0. The van der Waals surface area contributed by atoms with E-state index < -0.39 is 17.7 Å². The highest BCUT2D eigenvalue weighted by atomic mass is 19.1. The lowest BCUT2D eigenvalue weighted by molar-refractivity contribution is 0.312. The van der Waals surface area contributed by atoms with Crippen LogP contribution in [0.1, 0.15) is 11.6 Å². The average molecular weight is 198 g/mol. The number of hydrogen-bond donors (Lipinski definition) is 1. The molecule has 1 aromatic carbocycles. The second-order valence-electron chi connectivity index (χ2n) is 2.96. The molecule has 3 nitrogen and oxygen atoms in total. The van der Waals surface area contributed by atoms with E-state index in [2.05, 4.69) is 4.99 Å². The van der Waals surface area contributed by atoms with Gasteiger partial charge in [-0.2, -0.15) is 0 Å². The molecule has 0 radical (unpaired) electrons. The Morgan fingerprint density at radius 1 is 1.43 bits per heavy atom. The topological polar surface area (TPSA) is 47.6 Å². The number of halogens is 2. The van der Waals surface area contributed by atoms with Gasteiger partial charge in [0.05, 0.1) is 0 Å². The Morgan fingerprint density at radius 3 is 2.79 bits per heavy atom. The van der Waals surface area contributed by atoms with Crippen molar-refractivity contribution in [1.29, 1.82) is 0 Å². The minimum absolute atomic E-state index is 0.0405. The largest absolute Gasteiger partial charge is 0.463 e. The van der Waals surface area contributed by atoms with E-state index in [9.17, 15) is 8.78 Å². The molecule has 0 spiro atoms. The van der Waals surface area contributed by atoms with E-state index in [0.29, 0.717) is 5.56 Å². The molecule has 1 atom stereocenters. The van der Waals surface area contributed by atoms with Crippen LogP contribution in [0.25, 0.3) is 0 Å². The van der Waals surface area contributed by atoms with Crippen LogP contribution < -0.4 is 5.73 Å². The summed E-state index contributed by atoms with van der Waals surface area (Å²) in [5.74, 6) is -1.24. The summed E-state index contributed by atoms with van der Waals surface area (Å²) in [6, 6.07) is 2.93. The van der Waals surface area contributed by atoms with E-state index in [1.54, 1.807) is 0 Å². The van der Waals surface area contributed by atoms with Crippen molar-refractivity contribution in [3.8, 4) is 0 Å². The summed E-state index contributed by atoms with van der Waals surface area (Å²) < 4.78 is 30.7. The number of hydrogen-bond acceptors (Lipinski definition) is 3. The number of nitrogens with two attached hydrogens (primary N) is 1. The maximum absolute atomic E-state index is 13.2. The van der Waals surface area contributed by atoms with E-state index in [4.69, 9.17) is 10.5 Å². The van der Waals surface area contributed by atoms with Crippen LogP contribution in [0.5, 0.6) is 0 Å². The maximum atomic E-state index is 13.2. The number of amidine groups is 1. The minimum atomic E-state index is -0.628. The van der Waals surface area contributed by atoms with E-state index in [1.807, 2.05) is 0 Å². The highest BCUT2D eigenvalue weighted by Gasteiger charge is 2.21. The molecule has 0 unspecified atom stereocenters. The molecule has 0 saturated heterocycles. The Balaban J connectivity index is 2.33. The normalized spacial score (nSPS) is 20.4. The zero-order valence-electron chi connectivity index (χ0n) is 7.21. The molecule has 0 aliphatic carbocycles. The van der Waals surface area contributed by atoms with Gasteiger partial charge in [0.15, 0.2) is 0 Å². The molecule has 1 heterocycles. The summed E-state index contributed by atoms with van der Waals surface area (Å²) in [6.07, 6.45) is 0. The number of benzene rings is 1. The smallest absolute Gasteiger partial charge is 0.282 e. The van der Waals surface area contributed by atoms with Gasteiger partial charge in [-0.05, 0) is 6.07 Å². The molecule has 0 fully saturated rings. The monoisotopic (exact) mass is 198 g/mol. The highest BCUT2D eigenvalue weighted by molar-refractivity contribution is 5.73. The van der Waals surface area contributed by atoms with E-state index in [0.717, 1.165) is 6.07 Å². The van der Waals surface area contributed by atoms with Crippen molar-refractivity contribution >= 4 is 6.02 Å². The van der Waals surface area contributed by atoms with Crippen LogP contribution in [0.4, 0.5) is 8.78 Å². The molecule has 0 aromatic heterocycles. The summed E-state index contributed by atoms with van der Waals surface area (Å²) in [7, 11) is 0. The molecule has 0 bridgehead atoms. The molecule has 2 rings (SSSR count). The number of aliphatic imine (C=N–C) groups is 1. The van der Waals surface area contributed by atoms with Gasteiger partial charge in [-0.15, -0.1) is 0 Å². The predicted octanol–water partition coefficient (Wildman–Crippen LogP) is 1.35. The first-order valence-electron chi connectivity index (χ1n) is 4.08. The molecule has 1 aromatic rings. The van der Waals surface area contributed by atoms with Gasteiger partial charge in [0, 0.05) is 11.6 Å². The van der Waals surface area contributed by atoms with Gasteiger partial charge in [0.1, 0.15) is 24.3 Å². The van der Waals surface area contributed by atoms with Gasteiger partial charge < -0.3 is 10.5 Å². The van der Waals surface area contributed by atoms with Gasteiger partial charge in [0.2, 0.25) is 0 Å². The Hall–Kier alpha value is -1.65. The van der Waals surface area contributed by atoms with Crippen LogP contribution in [-0.4, -0.2) is 12.6 Å². The van der Waals surface area contributed by atoms with Crippen molar-refractivity contribution in [2.75, 3.05) is 6.61 Å². The van der Waals surface area contributed by atoms with Crippen molar-refractivity contribution in [1.82, 2.24) is 0 Å². The molecular weight excluding hydrogens is 190 g/mol. The van der Waals surface area contributed by atoms with Gasteiger partial charge >= 0.3 is 0 Å². The van der Waals surface area contributed by atoms with Crippen LogP contribution in [0.15, 0.2) is 23.2 Å². The second kappa shape index (κ2) is 3.25. The summed E-state index contributed by atoms with van der Waals surface area (Å²) in [6.45, 7) is 0.203. The lowest BCUT2D eigenvalue weighted by Gasteiger charge is -2.05. The van der Waals surface area contributed by atoms with E-state index >= 15 is 0 Å². The summed E-state index contributed by atoms with van der Waals surface area (Å²) in [5.41, 5.74) is 5.57. The highest BCUT2D eigenvalue weighted by Crippen LogP contribution is 2.24. The van der Waals surface area contributed by atoms with Crippen molar-refractivity contribution in [3.63, 3.8) is 0 Å². The van der Waals surface area contributed by atoms with Gasteiger partial charge in [-0.3, -0.25) is 0 Å². The molecule has 0 saturated carbocycles. The zero-order valence-corrected chi connectivity index (χ0v) is 7.21. The molecule has 2 N–H and O–H groups in total. The molecular formula is C9H8F2N2O. The Labute approximate surface area is 79.2 Å². The first kappa shape index (κ1) is 8.93. The number of nitrogens with zero attached hydrogens (tertiary/aromatic N) is 1. The number of ether oxygens (including phenoxy) is 1. The quantitative estimate of drug-likeness (QED) is 0.740. The van der Waals surface area contributed by atoms with Crippen molar-refractivity contribution in [3.05, 3.63) is 35.4 Å². The summed E-state index contributed by atoms with van der Waals surface area (Å²) in [5, 5.41) is 0. The van der Waals surface area contributed by atoms with Crippen molar-refractivity contribution in [2.45, 2.75) is 6.04 Å². The van der Waals surface area contributed by atoms with Crippen LogP contribution in [0.2, 0.25) is 0 Å². The van der Waals surface area contributed by atoms with Crippen LogP contribution in [0.3, 0.4) is 0 Å². The zero-order chi connectivity index (χ0) is 10.1. The molecule has 1 aliphatic heterocycles. The molecule has 1 aliphatic rings. The molecule has 14 heavy (non-hydrogen) atoms. The van der Waals surface area contributed by atoms with Gasteiger partial charge in [-0.25, -0.2) is 13.8 Å². The van der Waals surface area contributed by atoms with Crippen LogP contribution >= 0.6 is 0 Å². The fraction of sp³-hybridized carbons (Fsp3) is 0.222. The van der Waals surface area contributed by atoms with Crippen molar-refractivity contribution in [2.24, 2.45) is 10.7 Å². The predicted molar refractivity (Wildman–Crippen MR) is 46.7 cm³/mol. The molecule has 74 valence electrons. The van der Waals surface area contributed by atoms with Crippen LogP contribution in [-0.2, 0) is 4.74 Å². The SMILES string of the molecule is NC1=N[C@H](c2ccc(F)cc2F)CO1. The maximum Gasteiger partial charge on any atom is 0.282 e. The first-order chi connectivity index (χ1) is 6.66. The first-order valence-corrected chi connectivity index (χ1v) is 4.08. The van der Waals surface area contributed by atoms with Gasteiger partial charge in [-0.1, -0.05) is 6.07 Å². The van der Waals surface area contributed by atoms with Crippen LogP contribution in [0, 0.1) is 11.6 Å². The Bertz CT molecular complexity index is 392. The molecule has 0 amide bonds. The second-order valence-corrected chi connectivity index (χ2v) is 2.96. The summed E-state index contributed by atoms with van der Waals surface area (Å²) in [4.78, 5) is 3.86. The minimum Gasteiger partial charge on any atom is -0.463 e. The third-order valence-electron chi connectivity index (χ3n) is 1.99. The van der Waals surface area contributed by atoms with E-state index in [1.165, 1.54) is 12.1 Å². The molecule has 5 heteroatoms. The standard InChI is InChI=1S/C9H8F2N2O/c10-5-1-2-6(7(11)3-5)8-4-14-9(12)13-8/h1-3,8H,4H2,(H2,12,13)/t8-/m0/s1. The fourth-order valence-electron chi connectivity index (χ4n) is 1.32. The Morgan fingerprint density at radius 2 is 2.21 bits per heavy atom. The van der Waals surface area contributed by atoms with Gasteiger partial charge in [0.25, 0.3) is 6.02 Å².